The number of aromatic nitrogens is 1. The van der Waals surface area contributed by atoms with Crippen molar-refractivity contribution < 1.29 is 9.59 Å². The van der Waals surface area contributed by atoms with Crippen molar-refractivity contribution >= 4 is 11.8 Å². The maximum atomic E-state index is 13.3. The largest absolute Gasteiger partial charge is 0.348 e. The van der Waals surface area contributed by atoms with Gasteiger partial charge in [0.1, 0.15) is 0 Å². The Morgan fingerprint density at radius 3 is 2.64 bits per heavy atom. The third kappa shape index (κ3) is 3.46. The first kappa shape index (κ1) is 18.8. The summed E-state index contributed by atoms with van der Waals surface area (Å²) < 4.78 is 2.23. The van der Waals surface area contributed by atoms with Gasteiger partial charge in [-0.05, 0) is 44.4 Å². The highest BCUT2D eigenvalue weighted by Gasteiger charge is 2.35. The zero-order valence-corrected chi connectivity index (χ0v) is 16.8. The van der Waals surface area contributed by atoms with Gasteiger partial charge < -0.3 is 14.4 Å². The molecule has 1 fully saturated rings. The minimum Gasteiger partial charge on any atom is -0.348 e. The molecule has 1 aliphatic heterocycles. The third-order valence-electron chi connectivity index (χ3n) is 6.19. The Morgan fingerprint density at radius 1 is 1.14 bits per heavy atom. The lowest BCUT2D eigenvalue weighted by molar-refractivity contribution is -0.145. The minimum absolute atomic E-state index is 0.0356. The molecule has 1 unspecified atom stereocenters. The molecule has 0 saturated heterocycles. The van der Waals surface area contributed by atoms with Crippen molar-refractivity contribution in [3.8, 4) is 0 Å². The van der Waals surface area contributed by atoms with E-state index in [0.29, 0.717) is 13.1 Å². The van der Waals surface area contributed by atoms with Gasteiger partial charge in [0.25, 0.3) is 0 Å². The number of carbonyl (C=O) groups excluding carboxylic acids is 2. The van der Waals surface area contributed by atoms with Gasteiger partial charge in [-0.2, -0.15) is 0 Å². The van der Waals surface area contributed by atoms with Gasteiger partial charge >= 0.3 is 0 Å². The molecule has 1 saturated carbocycles. The first-order valence-electron chi connectivity index (χ1n) is 10.4. The molecule has 0 radical (unpaired) electrons. The molecule has 0 bridgehead atoms. The Hall–Kier alpha value is -2.56. The van der Waals surface area contributed by atoms with Crippen molar-refractivity contribution in [3.63, 3.8) is 0 Å². The summed E-state index contributed by atoms with van der Waals surface area (Å²) >= 11 is 0. The average molecular weight is 380 g/mol. The van der Waals surface area contributed by atoms with E-state index in [1.54, 1.807) is 4.90 Å². The van der Waals surface area contributed by atoms with Gasteiger partial charge in [-0.3, -0.25) is 9.59 Å². The van der Waals surface area contributed by atoms with Crippen LogP contribution in [0.5, 0.6) is 0 Å². The van der Waals surface area contributed by atoms with Gasteiger partial charge in [0.05, 0.1) is 12.6 Å². The van der Waals surface area contributed by atoms with Crippen LogP contribution in [-0.4, -0.2) is 45.8 Å². The van der Waals surface area contributed by atoms with Crippen molar-refractivity contribution in [1.82, 2.24) is 14.4 Å². The predicted molar refractivity (Wildman–Crippen MR) is 109 cm³/mol. The molecule has 1 atom stereocenters. The summed E-state index contributed by atoms with van der Waals surface area (Å²) in [7, 11) is 0. The molecule has 0 N–H and O–H groups in total. The molecule has 28 heavy (non-hydrogen) atoms. The van der Waals surface area contributed by atoms with Crippen LogP contribution < -0.4 is 0 Å². The molecule has 2 aliphatic rings. The van der Waals surface area contributed by atoms with Crippen molar-refractivity contribution in [2.75, 3.05) is 19.6 Å². The summed E-state index contributed by atoms with van der Waals surface area (Å²) in [5.74, 6) is 0.307. The molecule has 1 aromatic carbocycles. The van der Waals surface area contributed by atoms with E-state index < -0.39 is 0 Å². The van der Waals surface area contributed by atoms with E-state index in [1.807, 2.05) is 24.0 Å². The van der Waals surface area contributed by atoms with Crippen molar-refractivity contribution in [2.45, 2.75) is 45.7 Å². The van der Waals surface area contributed by atoms with Crippen LogP contribution in [0, 0.1) is 12.8 Å². The summed E-state index contributed by atoms with van der Waals surface area (Å²) in [6.07, 6.45) is 5.14. The maximum Gasteiger partial charge on any atom is 0.243 e. The van der Waals surface area contributed by atoms with Crippen LogP contribution in [0.25, 0.3) is 0 Å². The first-order chi connectivity index (χ1) is 13.6. The molecular weight excluding hydrogens is 350 g/mol. The van der Waals surface area contributed by atoms with Crippen LogP contribution >= 0.6 is 0 Å². The quantitative estimate of drug-likeness (QED) is 0.800. The lowest BCUT2D eigenvalue weighted by atomic mass is 9.84. The van der Waals surface area contributed by atoms with Gasteiger partial charge in [0, 0.05) is 37.4 Å². The van der Waals surface area contributed by atoms with E-state index in [2.05, 4.69) is 42.0 Å². The normalized spacial score (nSPS) is 19.1. The fraction of sp³-hybridized carbons (Fsp3) is 0.478. The van der Waals surface area contributed by atoms with Crippen LogP contribution in [0.3, 0.4) is 0 Å². The minimum atomic E-state index is -0.103. The van der Waals surface area contributed by atoms with Crippen molar-refractivity contribution in [2.24, 2.45) is 5.92 Å². The van der Waals surface area contributed by atoms with E-state index in [4.69, 9.17) is 0 Å². The number of hydrogen-bond donors (Lipinski definition) is 0. The second-order valence-corrected chi connectivity index (χ2v) is 8.01. The zero-order chi connectivity index (χ0) is 19.7. The van der Waals surface area contributed by atoms with Crippen LogP contribution in [-0.2, 0) is 16.1 Å². The summed E-state index contributed by atoms with van der Waals surface area (Å²) in [6.45, 7) is 6.25. The van der Waals surface area contributed by atoms with E-state index in [0.717, 1.165) is 37.1 Å². The van der Waals surface area contributed by atoms with Crippen molar-refractivity contribution in [3.05, 3.63) is 59.4 Å². The third-order valence-corrected chi connectivity index (χ3v) is 6.19. The average Bonchev–Trinajstić information content (AvgIpc) is 3.12. The van der Waals surface area contributed by atoms with Gasteiger partial charge in [-0.15, -0.1) is 0 Å². The van der Waals surface area contributed by atoms with Crippen molar-refractivity contribution in [1.29, 1.82) is 0 Å². The number of rotatable bonds is 5. The topological polar surface area (TPSA) is 45.6 Å². The molecule has 1 aromatic heterocycles. The van der Waals surface area contributed by atoms with Gasteiger partial charge in [0.15, 0.2) is 0 Å². The number of amides is 2. The van der Waals surface area contributed by atoms with Crippen LogP contribution in [0.2, 0.25) is 0 Å². The zero-order valence-electron chi connectivity index (χ0n) is 16.8. The second kappa shape index (κ2) is 7.82. The molecule has 148 valence electrons. The standard InChI is InChI=1S/C23H29N3O2/c1-3-24(23(28)18-8-5-9-18)16-21(27)26-14-13-25-12-6-11-20(25)22(26)19-10-4-7-17(2)15-19/h4,6-7,10-12,15,18,22H,3,5,8-9,13-14,16H2,1-2H3. The first-order valence-corrected chi connectivity index (χ1v) is 10.4. The highest BCUT2D eigenvalue weighted by molar-refractivity contribution is 5.86. The Labute approximate surface area is 166 Å². The number of aryl methyl sites for hydroxylation is 1. The Balaban J connectivity index is 1.59. The Morgan fingerprint density at radius 2 is 1.96 bits per heavy atom. The summed E-state index contributed by atoms with van der Waals surface area (Å²) in [4.78, 5) is 29.7. The Bertz CT molecular complexity index is 868. The highest BCUT2D eigenvalue weighted by atomic mass is 16.2. The fourth-order valence-electron chi connectivity index (χ4n) is 4.36. The van der Waals surface area contributed by atoms with Gasteiger partial charge in [0.2, 0.25) is 11.8 Å². The fourth-order valence-corrected chi connectivity index (χ4v) is 4.36. The van der Waals surface area contributed by atoms with E-state index >= 15 is 0 Å². The summed E-state index contributed by atoms with van der Waals surface area (Å²) in [5.41, 5.74) is 3.45. The molecular formula is C23H29N3O2. The number of benzene rings is 1. The molecule has 2 heterocycles. The Kier molecular flexibility index (Phi) is 5.25. The molecule has 5 heteroatoms. The summed E-state index contributed by atoms with van der Waals surface area (Å²) in [6, 6.07) is 12.4. The number of carbonyl (C=O) groups is 2. The van der Waals surface area contributed by atoms with E-state index in [-0.39, 0.29) is 30.3 Å². The molecule has 1 aliphatic carbocycles. The highest BCUT2D eigenvalue weighted by Crippen LogP contribution is 2.33. The van der Waals surface area contributed by atoms with E-state index in [9.17, 15) is 9.59 Å². The predicted octanol–water partition coefficient (Wildman–Crippen LogP) is 3.38. The smallest absolute Gasteiger partial charge is 0.243 e. The molecule has 4 rings (SSSR count). The molecule has 0 spiro atoms. The number of nitrogens with zero attached hydrogens (tertiary/aromatic N) is 3. The molecule has 2 amide bonds. The number of hydrogen-bond acceptors (Lipinski definition) is 2. The number of fused-ring (bicyclic) bond motifs is 1. The summed E-state index contributed by atoms with van der Waals surface area (Å²) in [5, 5.41) is 0. The SMILES string of the molecule is CCN(CC(=O)N1CCn2cccc2C1c1cccc(C)c1)C(=O)C1CCC1. The number of likely N-dealkylation sites (N-methyl/N-ethyl adjacent to an activating group) is 1. The van der Waals surface area contributed by atoms with Gasteiger partial charge in [-0.1, -0.05) is 36.2 Å². The lowest BCUT2D eigenvalue weighted by Crippen LogP contribution is -2.49. The monoisotopic (exact) mass is 379 g/mol. The van der Waals surface area contributed by atoms with Crippen LogP contribution in [0.1, 0.15) is 49.0 Å². The molecule has 5 nitrogen and oxygen atoms in total. The maximum absolute atomic E-state index is 13.3. The molecule has 2 aromatic rings. The van der Waals surface area contributed by atoms with Gasteiger partial charge in [-0.25, -0.2) is 0 Å². The second-order valence-electron chi connectivity index (χ2n) is 8.01. The van der Waals surface area contributed by atoms with Crippen LogP contribution in [0.4, 0.5) is 0 Å². The lowest BCUT2D eigenvalue weighted by Gasteiger charge is -2.39. The van der Waals surface area contributed by atoms with E-state index in [1.165, 1.54) is 5.56 Å². The van der Waals surface area contributed by atoms with Crippen LogP contribution in [0.15, 0.2) is 42.6 Å².